The van der Waals surface area contributed by atoms with Gasteiger partial charge in [-0.05, 0) is 51.2 Å². The number of carbonyl (C=O) groups excluding carboxylic acids is 1. The van der Waals surface area contributed by atoms with Crippen LogP contribution in [0.1, 0.15) is 86.5 Å². The summed E-state index contributed by atoms with van der Waals surface area (Å²) in [5.41, 5.74) is 4.09. The minimum atomic E-state index is -0.177. The third-order valence-electron chi connectivity index (χ3n) is 7.38. The van der Waals surface area contributed by atoms with E-state index < -0.39 is 0 Å². The monoisotopic (exact) mass is 429 g/mol. The highest BCUT2D eigenvalue weighted by molar-refractivity contribution is 6.01. The second-order valence-electron chi connectivity index (χ2n) is 9.90. The SMILES string of the molecule is CCC(CC)(CC(=O)c1cnn2c1NC(c1ccccc1)CC2(C)C)c1ccc(C)cc1. The summed E-state index contributed by atoms with van der Waals surface area (Å²) in [5, 5.41) is 8.31. The van der Waals surface area contributed by atoms with Crippen LogP contribution in [-0.2, 0) is 11.0 Å². The molecule has 1 aliphatic heterocycles. The van der Waals surface area contributed by atoms with E-state index in [1.54, 1.807) is 6.20 Å². The molecule has 0 amide bonds. The van der Waals surface area contributed by atoms with Crippen LogP contribution < -0.4 is 5.32 Å². The molecule has 1 aromatic heterocycles. The fraction of sp³-hybridized carbons (Fsp3) is 0.429. The molecule has 0 bridgehead atoms. The first-order valence-electron chi connectivity index (χ1n) is 11.8. The minimum Gasteiger partial charge on any atom is -0.363 e. The van der Waals surface area contributed by atoms with Gasteiger partial charge in [-0.1, -0.05) is 74.0 Å². The molecule has 0 fully saturated rings. The zero-order valence-electron chi connectivity index (χ0n) is 20.0. The molecule has 4 heteroatoms. The van der Waals surface area contributed by atoms with Crippen molar-refractivity contribution in [1.82, 2.24) is 9.78 Å². The summed E-state index contributed by atoms with van der Waals surface area (Å²) in [7, 11) is 0. The van der Waals surface area contributed by atoms with Crippen LogP contribution in [0.15, 0.2) is 60.8 Å². The molecule has 1 unspecified atom stereocenters. The average Bonchev–Trinajstić information content (AvgIpc) is 3.24. The van der Waals surface area contributed by atoms with Gasteiger partial charge in [-0.15, -0.1) is 0 Å². The number of Topliss-reactive ketones (excluding diaryl/α,β-unsaturated/α-hetero) is 1. The van der Waals surface area contributed by atoms with Crippen molar-refractivity contribution in [2.45, 2.75) is 77.3 Å². The Morgan fingerprint density at radius 2 is 1.75 bits per heavy atom. The normalized spacial score (nSPS) is 17.5. The number of carbonyl (C=O) groups is 1. The van der Waals surface area contributed by atoms with Gasteiger partial charge >= 0.3 is 0 Å². The molecule has 1 atom stereocenters. The molecule has 32 heavy (non-hydrogen) atoms. The van der Waals surface area contributed by atoms with Gasteiger partial charge in [-0.2, -0.15) is 5.10 Å². The van der Waals surface area contributed by atoms with Crippen molar-refractivity contribution in [3.63, 3.8) is 0 Å². The van der Waals surface area contributed by atoms with Gasteiger partial charge < -0.3 is 5.32 Å². The first kappa shape index (κ1) is 22.3. The van der Waals surface area contributed by atoms with Crippen LogP contribution in [0.2, 0.25) is 0 Å². The summed E-state index contributed by atoms with van der Waals surface area (Å²) in [5.74, 6) is 1.01. The lowest BCUT2D eigenvalue weighted by Crippen LogP contribution is -2.38. The zero-order chi connectivity index (χ0) is 22.9. The highest BCUT2D eigenvalue weighted by Crippen LogP contribution is 2.42. The number of hydrogen-bond donors (Lipinski definition) is 1. The Morgan fingerprint density at radius 3 is 2.38 bits per heavy atom. The molecule has 2 aromatic carbocycles. The third-order valence-corrected chi connectivity index (χ3v) is 7.38. The molecule has 0 aliphatic carbocycles. The molecule has 2 heterocycles. The Labute approximate surface area is 192 Å². The molecule has 0 radical (unpaired) electrons. The van der Waals surface area contributed by atoms with Gasteiger partial charge in [0.1, 0.15) is 5.82 Å². The van der Waals surface area contributed by atoms with Crippen molar-refractivity contribution in [3.05, 3.63) is 83.0 Å². The van der Waals surface area contributed by atoms with Gasteiger partial charge in [0, 0.05) is 11.8 Å². The van der Waals surface area contributed by atoms with Crippen LogP contribution in [0.4, 0.5) is 5.82 Å². The van der Waals surface area contributed by atoms with Gasteiger partial charge in [0.2, 0.25) is 0 Å². The lowest BCUT2D eigenvalue weighted by Gasteiger charge is -2.38. The standard InChI is InChI=1S/C28H35N3O/c1-6-28(7-2,22-15-13-20(3)14-16-22)18-25(32)23-19-29-31-26(23)30-24(17-27(31,4)5)21-11-9-8-10-12-21/h8-16,19,24,30H,6-7,17-18H2,1-5H3. The van der Waals surface area contributed by atoms with Gasteiger partial charge in [0.15, 0.2) is 5.78 Å². The number of nitrogens with zero attached hydrogens (tertiary/aromatic N) is 2. The fourth-order valence-electron chi connectivity index (χ4n) is 5.16. The predicted octanol–water partition coefficient (Wildman–Crippen LogP) is 6.81. The summed E-state index contributed by atoms with van der Waals surface area (Å²) in [6.07, 6.45) is 5.02. The molecule has 4 nitrogen and oxygen atoms in total. The average molecular weight is 430 g/mol. The number of aromatic nitrogens is 2. The highest BCUT2D eigenvalue weighted by atomic mass is 16.1. The van der Waals surface area contributed by atoms with Gasteiger partial charge in [-0.3, -0.25) is 4.79 Å². The summed E-state index contributed by atoms with van der Waals surface area (Å²) < 4.78 is 2.01. The Balaban J connectivity index is 1.67. The van der Waals surface area contributed by atoms with Crippen LogP contribution in [0.25, 0.3) is 0 Å². The maximum Gasteiger partial charge on any atom is 0.169 e. The minimum absolute atomic E-state index is 0.154. The lowest BCUT2D eigenvalue weighted by molar-refractivity contribution is 0.0944. The largest absolute Gasteiger partial charge is 0.363 e. The smallest absolute Gasteiger partial charge is 0.169 e. The zero-order valence-corrected chi connectivity index (χ0v) is 20.0. The summed E-state index contributed by atoms with van der Waals surface area (Å²) in [4.78, 5) is 13.7. The molecule has 0 spiro atoms. The Morgan fingerprint density at radius 1 is 1.09 bits per heavy atom. The number of hydrogen-bond acceptors (Lipinski definition) is 3. The molecule has 0 saturated carbocycles. The van der Waals surface area contributed by atoms with Crippen molar-refractivity contribution in [1.29, 1.82) is 0 Å². The van der Waals surface area contributed by atoms with Gasteiger partial charge in [0.05, 0.1) is 23.3 Å². The second kappa shape index (κ2) is 8.57. The van der Waals surface area contributed by atoms with E-state index in [1.165, 1.54) is 16.7 Å². The summed E-state index contributed by atoms with van der Waals surface area (Å²) >= 11 is 0. The molecule has 1 N–H and O–H groups in total. The maximum absolute atomic E-state index is 13.7. The summed E-state index contributed by atoms with van der Waals surface area (Å²) in [6, 6.07) is 19.3. The number of nitrogens with one attached hydrogen (secondary N) is 1. The number of aryl methyl sites for hydroxylation is 1. The second-order valence-corrected chi connectivity index (χ2v) is 9.90. The topological polar surface area (TPSA) is 46.9 Å². The fourth-order valence-corrected chi connectivity index (χ4v) is 5.16. The number of rotatable bonds is 7. The first-order chi connectivity index (χ1) is 15.3. The number of anilines is 1. The van der Waals surface area contributed by atoms with Crippen LogP contribution in [0, 0.1) is 6.92 Å². The predicted molar refractivity (Wildman–Crippen MR) is 131 cm³/mol. The van der Waals surface area contributed by atoms with E-state index in [2.05, 4.69) is 93.6 Å². The van der Waals surface area contributed by atoms with Crippen LogP contribution in [0.3, 0.4) is 0 Å². The van der Waals surface area contributed by atoms with Crippen molar-refractivity contribution in [2.75, 3.05) is 5.32 Å². The highest BCUT2D eigenvalue weighted by Gasteiger charge is 2.38. The van der Waals surface area contributed by atoms with E-state index in [9.17, 15) is 4.79 Å². The molecular formula is C28H35N3O. The third kappa shape index (κ3) is 3.99. The molecule has 0 saturated heterocycles. The van der Waals surface area contributed by atoms with Crippen molar-refractivity contribution < 1.29 is 4.79 Å². The van der Waals surface area contributed by atoms with E-state index in [0.717, 1.165) is 25.1 Å². The number of benzene rings is 2. The number of ketones is 1. The van der Waals surface area contributed by atoms with Crippen molar-refractivity contribution in [3.8, 4) is 0 Å². The van der Waals surface area contributed by atoms with Crippen molar-refractivity contribution in [2.24, 2.45) is 0 Å². The van der Waals surface area contributed by atoms with Gasteiger partial charge in [-0.25, -0.2) is 4.68 Å². The number of fused-ring (bicyclic) bond motifs is 1. The van der Waals surface area contributed by atoms with Gasteiger partial charge in [0.25, 0.3) is 0 Å². The molecule has 1 aliphatic rings. The van der Waals surface area contributed by atoms with E-state index >= 15 is 0 Å². The molecular weight excluding hydrogens is 394 g/mol. The lowest BCUT2D eigenvalue weighted by atomic mass is 9.71. The van der Waals surface area contributed by atoms with Crippen LogP contribution >= 0.6 is 0 Å². The summed E-state index contributed by atoms with van der Waals surface area (Å²) in [6.45, 7) is 10.9. The van der Waals surface area contributed by atoms with Crippen molar-refractivity contribution >= 4 is 11.6 Å². The quantitative estimate of drug-likeness (QED) is 0.419. The molecule has 168 valence electrons. The van der Waals surface area contributed by atoms with Crippen LogP contribution in [0.5, 0.6) is 0 Å². The Kier molecular flexibility index (Phi) is 5.98. The Bertz CT molecular complexity index is 1080. The van der Waals surface area contributed by atoms with E-state index in [0.29, 0.717) is 12.0 Å². The molecule has 3 aromatic rings. The Hall–Kier alpha value is -2.88. The van der Waals surface area contributed by atoms with E-state index in [-0.39, 0.29) is 22.8 Å². The van der Waals surface area contributed by atoms with Crippen LogP contribution in [-0.4, -0.2) is 15.6 Å². The first-order valence-corrected chi connectivity index (χ1v) is 11.8. The van der Waals surface area contributed by atoms with E-state index in [1.807, 2.05) is 10.7 Å². The van der Waals surface area contributed by atoms with E-state index in [4.69, 9.17) is 0 Å². The maximum atomic E-state index is 13.7. The molecule has 4 rings (SSSR count).